The van der Waals surface area contributed by atoms with E-state index in [0.717, 1.165) is 22.2 Å². The van der Waals surface area contributed by atoms with E-state index in [2.05, 4.69) is 15.3 Å². The van der Waals surface area contributed by atoms with Crippen LogP contribution in [0.2, 0.25) is 0 Å². The number of carbonyl (C=O) groups is 1. The normalized spacial score (nSPS) is 16.0. The molecule has 1 aromatic carbocycles. The van der Waals surface area contributed by atoms with Gasteiger partial charge in [0, 0.05) is 29.4 Å². The van der Waals surface area contributed by atoms with Crippen molar-refractivity contribution in [2.45, 2.75) is 19.4 Å². The lowest BCUT2D eigenvalue weighted by atomic mass is 9.94. The number of nitrogens with zero attached hydrogens (tertiary/aromatic N) is 1. The Hall–Kier alpha value is -3.34. The number of hydrogen-bond donors (Lipinski definition) is 2. The molecule has 3 heterocycles. The van der Waals surface area contributed by atoms with Gasteiger partial charge in [0.2, 0.25) is 5.78 Å². The van der Waals surface area contributed by atoms with Crippen molar-refractivity contribution in [3.8, 4) is 0 Å². The molecule has 0 spiro atoms. The molecule has 130 valence electrons. The maximum Gasteiger partial charge on any atom is 0.226 e. The number of fused-ring (bicyclic) bond motifs is 1. The topological polar surface area (TPSA) is 67.0 Å². The highest BCUT2D eigenvalue weighted by Crippen LogP contribution is 2.27. The molecular formula is C21H19N3O2. The van der Waals surface area contributed by atoms with Crippen LogP contribution in [0.15, 0.2) is 72.6 Å². The van der Waals surface area contributed by atoms with Crippen molar-refractivity contribution in [2.24, 2.45) is 0 Å². The number of benzene rings is 1. The molecule has 0 amide bonds. The maximum absolute atomic E-state index is 12.3. The van der Waals surface area contributed by atoms with Gasteiger partial charge in [0.15, 0.2) is 11.6 Å². The minimum Gasteiger partial charge on any atom is -0.437 e. The van der Waals surface area contributed by atoms with Crippen molar-refractivity contribution < 1.29 is 9.53 Å². The fraction of sp³-hybridized carbons (Fsp3) is 0.143. The Kier molecular flexibility index (Phi) is 3.84. The molecule has 0 aliphatic carbocycles. The van der Waals surface area contributed by atoms with Crippen molar-refractivity contribution in [3.05, 3.63) is 83.7 Å². The Labute approximate surface area is 151 Å². The fourth-order valence-electron chi connectivity index (χ4n) is 3.02. The highest BCUT2D eigenvalue weighted by Gasteiger charge is 2.27. The molecule has 1 aliphatic rings. The molecule has 0 saturated carbocycles. The van der Waals surface area contributed by atoms with Crippen LogP contribution in [0.4, 0.5) is 0 Å². The Morgan fingerprint density at radius 1 is 1.15 bits per heavy atom. The molecule has 0 radical (unpaired) electrons. The molecule has 5 nitrogen and oxygen atoms in total. The van der Waals surface area contributed by atoms with Gasteiger partial charge in [-0.25, -0.2) is 4.98 Å². The first-order chi connectivity index (χ1) is 12.5. The third-order valence-corrected chi connectivity index (χ3v) is 4.43. The number of nitrogens with one attached hydrogen (secondary N) is 2. The summed E-state index contributed by atoms with van der Waals surface area (Å²) >= 11 is 0. The van der Waals surface area contributed by atoms with Crippen LogP contribution in [0.25, 0.3) is 17.1 Å². The van der Waals surface area contributed by atoms with E-state index in [-0.39, 0.29) is 11.3 Å². The van der Waals surface area contributed by atoms with Gasteiger partial charge in [0.25, 0.3) is 0 Å². The number of ketones is 1. The molecule has 0 bridgehead atoms. The van der Waals surface area contributed by atoms with Crippen LogP contribution in [0, 0.1) is 0 Å². The van der Waals surface area contributed by atoms with E-state index in [1.54, 1.807) is 12.3 Å². The van der Waals surface area contributed by atoms with E-state index in [0.29, 0.717) is 11.6 Å². The second kappa shape index (κ2) is 6.19. The SMILES string of the molecule is CC(C)(NC1=CC(=O)/C(=C/c2c[nH]c3ncccc23)O1)c1ccccc1. The van der Waals surface area contributed by atoms with Crippen LogP contribution in [0.1, 0.15) is 25.0 Å². The first-order valence-corrected chi connectivity index (χ1v) is 8.44. The van der Waals surface area contributed by atoms with E-state index in [1.165, 1.54) is 6.08 Å². The highest BCUT2D eigenvalue weighted by molar-refractivity contribution is 6.08. The molecule has 2 N–H and O–H groups in total. The zero-order chi connectivity index (χ0) is 18.1. The molecule has 4 rings (SSSR count). The van der Waals surface area contributed by atoms with E-state index >= 15 is 0 Å². The Bertz CT molecular complexity index is 1030. The van der Waals surface area contributed by atoms with E-state index in [9.17, 15) is 4.79 Å². The van der Waals surface area contributed by atoms with Gasteiger partial charge in [-0.05, 0) is 37.6 Å². The van der Waals surface area contributed by atoms with Crippen molar-refractivity contribution in [1.82, 2.24) is 15.3 Å². The summed E-state index contributed by atoms with van der Waals surface area (Å²) in [5.74, 6) is 0.587. The lowest BCUT2D eigenvalue weighted by molar-refractivity contribution is -0.112. The number of carbonyl (C=O) groups excluding carboxylic acids is 1. The predicted octanol–water partition coefficient (Wildman–Crippen LogP) is 3.87. The van der Waals surface area contributed by atoms with Gasteiger partial charge in [-0.2, -0.15) is 0 Å². The Morgan fingerprint density at radius 3 is 2.77 bits per heavy atom. The van der Waals surface area contributed by atoms with Gasteiger partial charge in [0.1, 0.15) is 5.65 Å². The zero-order valence-corrected chi connectivity index (χ0v) is 14.6. The number of rotatable bonds is 4. The highest BCUT2D eigenvalue weighted by atomic mass is 16.5. The zero-order valence-electron chi connectivity index (χ0n) is 14.6. The smallest absolute Gasteiger partial charge is 0.226 e. The third kappa shape index (κ3) is 2.99. The van der Waals surface area contributed by atoms with Crippen molar-refractivity contribution in [3.63, 3.8) is 0 Å². The molecule has 1 aliphatic heterocycles. The molecular weight excluding hydrogens is 326 g/mol. The number of aromatic nitrogens is 2. The maximum atomic E-state index is 12.3. The molecule has 3 aromatic rings. The van der Waals surface area contributed by atoms with Crippen LogP contribution in [-0.2, 0) is 15.1 Å². The monoisotopic (exact) mass is 345 g/mol. The molecule has 0 unspecified atom stereocenters. The average molecular weight is 345 g/mol. The Morgan fingerprint density at radius 2 is 1.96 bits per heavy atom. The summed E-state index contributed by atoms with van der Waals surface area (Å²) in [5.41, 5.74) is 2.39. The number of ether oxygens (including phenoxy) is 1. The van der Waals surface area contributed by atoms with Gasteiger partial charge >= 0.3 is 0 Å². The molecule has 0 saturated heterocycles. The first-order valence-electron chi connectivity index (χ1n) is 8.44. The predicted molar refractivity (Wildman–Crippen MR) is 101 cm³/mol. The summed E-state index contributed by atoms with van der Waals surface area (Å²) in [6.07, 6.45) is 6.77. The van der Waals surface area contributed by atoms with Crippen molar-refractivity contribution in [1.29, 1.82) is 0 Å². The summed E-state index contributed by atoms with van der Waals surface area (Å²) in [7, 11) is 0. The number of hydrogen-bond acceptors (Lipinski definition) is 4. The number of aromatic amines is 1. The summed E-state index contributed by atoms with van der Waals surface area (Å²) < 4.78 is 5.78. The van der Waals surface area contributed by atoms with Crippen LogP contribution in [0.3, 0.4) is 0 Å². The van der Waals surface area contributed by atoms with E-state index < -0.39 is 0 Å². The van der Waals surface area contributed by atoms with E-state index in [1.807, 2.05) is 62.5 Å². The molecule has 5 heteroatoms. The number of allylic oxidation sites excluding steroid dienone is 1. The number of pyridine rings is 1. The van der Waals surface area contributed by atoms with Gasteiger partial charge < -0.3 is 15.0 Å². The second-order valence-corrected chi connectivity index (χ2v) is 6.74. The largest absolute Gasteiger partial charge is 0.437 e. The molecule has 0 atom stereocenters. The fourth-order valence-corrected chi connectivity index (χ4v) is 3.02. The average Bonchev–Trinajstić information content (AvgIpc) is 3.19. The van der Waals surface area contributed by atoms with E-state index in [4.69, 9.17) is 4.74 Å². The van der Waals surface area contributed by atoms with Crippen LogP contribution in [-0.4, -0.2) is 15.8 Å². The molecule has 26 heavy (non-hydrogen) atoms. The Balaban J connectivity index is 1.56. The summed E-state index contributed by atoms with van der Waals surface area (Å²) in [6.45, 7) is 4.09. The van der Waals surface area contributed by atoms with Crippen molar-refractivity contribution in [2.75, 3.05) is 0 Å². The number of H-pyrrole nitrogens is 1. The summed E-state index contributed by atoms with van der Waals surface area (Å²) in [6, 6.07) is 13.9. The summed E-state index contributed by atoms with van der Waals surface area (Å²) in [4.78, 5) is 19.7. The lowest BCUT2D eigenvalue weighted by Crippen LogP contribution is -2.35. The molecule has 2 aromatic heterocycles. The first kappa shape index (κ1) is 16.1. The van der Waals surface area contributed by atoms with Gasteiger partial charge in [-0.15, -0.1) is 0 Å². The lowest BCUT2D eigenvalue weighted by Gasteiger charge is -2.28. The summed E-state index contributed by atoms with van der Waals surface area (Å²) in [5, 5.41) is 4.25. The quantitative estimate of drug-likeness (QED) is 0.705. The van der Waals surface area contributed by atoms with Crippen LogP contribution < -0.4 is 5.32 Å². The third-order valence-electron chi connectivity index (χ3n) is 4.43. The van der Waals surface area contributed by atoms with Crippen LogP contribution in [0.5, 0.6) is 0 Å². The minimum absolute atomic E-state index is 0.158. The molecule has 0 fully saturated rings. The standard InChI is InChI=1S/C21H19N3O2/c1-21(2,15-7-4-3-5-8-15)24-19-12-17(25)18(26-19)11-14-13-23-20-16(14)9-6-10-22-20/h3-13,24H,1-2H3,(H,22,23)/b18-11-. The van der Waals surface area contributed by atoms with Gasteiger partial charge in [0.05, 0.1) is 5.54 Å². The van der Waals surface area contributed by atoms with Gasteiger partial charge in [-0.3, -0.25) is 4.79 Å². The minimum atomic E-state index is -0.368. The second-order valence-electron chi connectivity index (χ2n) is 6.74. The van der Waals surface area contributed by atoms with Crippen molar-refractivity contribution >= 4 is 22.9 Å². The van der Waals surface area contributed by atoms with Crippen LogP contribution >= 0.6 is 0 Å². The van der Waals surface area contributed by atoms with Gasteiger partial charge in [-0.1, -0.05) is 30.3 Å².